The van der Waals surface area contributed by atoms with Crippen molar-refractivity contribution in [2.45, 2.75) is 13.3 Å². The number of aryl methyl sites for hydroxylation is 1. The molecule has 0 aliphatic heterocycles. The number of ether oxygens (including phenoxy) is 3. The van der Waals surface area contributed by atoms with Crippen molar-refractivity contribution in [2.75, 3.05) is 27.4 Å². The Morgan fingerprint density at radius 1 is 1.04 bits per heavy atom. The molecule has 0 radical (unpaired) electrons. The first-order chi connectivity index (χ1) is 11.7. The molecule has 0 aliphatic rings. The molecule has 0 saturated heterocycles. The first-order valence-electron chi connectivity index (χ1n) is 7.90. The van der Waals surface area contributed by atoms with Gasteiger partial charge in [-0.05, 0) is 30.2 Å². The van der Waals surface area contributed by atoms with Gasteiger partial charge >= 0.3 is 0 Å². The minimum Gasteiger partial charge on any atom is -0.497 e. The van der Waals surface area contributed by atoms with Crippen LogP contribution in [0.1, 0.15) is 22.8 Å². The molecule has 5 nitrogen and oxygen atoms in total. The van der Waals surface area contributed by atoms with Gasteiger partial charge in [0.2, 0.25) is 0 Å². The lowest BCUT2D eigenvalue weighted by atomic mass is 10.1. The first-order valence-corrected chi connectivity index (χ1v) is 7.90. The maximum Gasteiger partial charge on any atom is 0.251 e. The number of methoxy groups -OCH3 is 2. The zero-order chi connectivity index (χ0) is 17.4. The lowest BCUT2D eigenvalue weighted by Gasteiger charge is -2.12. The number of para-hydroxylation sites is 1. The predicted octanol–water partition coefficient (Wildman–Crippen LogP) is 3.08. The topological polar surface area (TPSA) is 56.8 Å². The number of carbonyl (C=O) groups is 1. The number of nitrogens with one attached hydrogen (secondary N) is 1. The first kappa shape index (κ1) is 17.7. The summed E-state index contributed by atoms with van der Waals surface area (Å²) in [5, 5.41) is 2.83. The molecule has 2 rings (SSSR count). The van der Waals surface area contributed by atoms with Crippen molar-refractivity contribution < 1.29 is 19.0 Å². The molecule has 0 aliphatic carbocycles. The van der Waals surface area contributed by atoms with Crippen LogP contribution in [0.3, 0.4) is 0 Å². The van der Waals surface area contributed by atoms with Gasteiger partial charge < -0.3 is 19.5 Å². The van der Waals surface area contributed by atoms with E-state index in [1.54, 1.807) is 32.4 Å². The van der Waals surface area contributed by atoms with E-state index in [-0.39, 0.29) is 5.91 Å². The largest absolute Gasteiger partial charge is 0.497 e. The zero-order valence-corrected chi connectivity index (χ0v) is 14.3. The Bertz CT molecular complexity index is 663. The van der Waals surface area contributed by atoms with E-state index in [0.717, 1.165) is 17.7 Å². The minimum atomic E-state index is -0.195. The molecule has 0 aromatic heterocycles. The van der Waals surface area contributed by atoms with Crippen LogP contribution < -0.4 is 19.5 Å². The monoisotopic (exact) mass is 329 g/mol. The third-order valence-electron chi connectivity index (χ3n) is 3.61. The Balaban J connectivity index is 1.89. The van der Waals surface area contributed by atoms with Crippen LogP contribution in [0.5, 0.6) is 17.2 Å². The van der Waals surface area contributed by atoms with E-state index in [4.69, 9.17) is 14.2 Å². The number of benzene rings is 2. The van der Waals surface area contributed by atoms with Crippen LogP contribution in [-0.4, -0.2) is 33.3 Å². The van der Waals surface area contributed by atoms with Crippen LogP contribution >= 0.6 is 0 Å². The van der Waals surface area contributed by atoms with Crippen molar-refractivity contribution in [3.8, 4) is 17.2 Å². The lowest BCUT2D eigenvalue weighted by Crippen LogP contribution is -2.28. The van der Waals surface area contributed by atoms with Crippen LogP contribution in [0.25, 0.3) is 0 Å². The fraction of sp³-hybridized carbons (Fsp3) is 0.316. The Morgan fingerprint density at radius 2 is 1.71 bits per heavy atom. The van der Waals surface area contributed by atoms with E-state index in [1.165, 1.54) is 0 Å². The number of amides is 1. The minimum absolute atomic E-state index is 0.195. The molecular formula is C19H23NO4. The molecule has 2 aromatic rings. The van der Waals surface area contributed by atoms with Crippen molar-refractivity contribution in [1.29, 1.82) is 0 Å². The van der Waals surface area contributed by atoms with Crippen LogP contribution in [0.2, 0.25) is 0 Å². The van der Waals surface area contributed by atoms with E-state index in [9.17, 15) is 4.79 Å². The summed E-state index contributed by atoms with van der Waals surface area (Å²) in [7, 11) is 3.10. The smallest absolute Gasteiger partial charge is 0.251 e. The Hall–Kier alpha value is -2.69. The highest BCUT2D eigenvalue weighted by Gasteiger charge is 2.09. The second-order valence-electron chi connectivity index (χ2n) is 5.17. The van der Waals surface area contributed by atoms with Crippen LogP contribution in [0.4, 0.5) is 0 Å². The molecule has 5 heteroatoms. The SMILES string of the molecule is CCc1ccccc1OCCNC(=O)c1cc(OC)cc(OC)c1. The Labute approximate surface area is 142 Å². The standard InChI is InChI=1S/C19H23NO4/c1-4-14-7-5-6-8-18(14)24-10-9-20-19(21)15-11-16(22-2)13-17(12-15)23-3/h5-8,11-13H,4,9-10H2,1-3H3,(H,20,21). The molecule has 1 N–H and O–H groups in total. The zero-order valence-electron chi connectivity index (χ0n) is 14.3. The number of hydrogen-bond donors (Lipinski definition) is 1. The maximum absolute atomic E-state index is 12.2. The molecule has 0 bridgehead atoms. The second kappa shape index (κ2) is 8.82. The molecule has 0 unspecified atom stereocenters. The summed E-state index contributed by atoms with van der Waals surface area (Å²) >= 11 is 0. The van der Waals surface area contributed by atoms with Gasteiger partial charge in [-0.1, -0.05) is 25.1 Å². The third kappa shape index (κ3) is 4.65. The summed E-state index contributed by atoms with van der Waals surface area (Å²) in [4.78, 5) is 12.2. The quantitative estimate of drug-likeness (QED) is 0.756. The second-order valence-corrected chi connectivity index (χ2v) is 5.17. The van der Waals surface area contributed by atoms with Gasteiger partial charge in [0.25, 0.3) is 5.91 Å². The van der Waals surface area contributed by atoms with Crippen LogP contribution in [-0.2, 0) is 6.42 Å². The molecule has 0 fully saturated rings. The maximum atomic E-state index is 12.2. The number of hydrogen-bond acceptors (Lipinski definition) is 4. The average molecular weight is 329 g/mol. The van der Waals surface area contributed by atoms with E-state index in [0.29, 0.717) is 30.2 Å². The Kier molecular flexibility index (Phi) is 6.49. The van der Waals surface area contributed by atoms with E-state index in [1.807, 2.05) is 24.3 Å². The van der Waals surface area contributed by atoms with Gasteiger partial charge in [-0.25, -0.2) is 0 Å². The fourth-order valence-electron chi connectivity index (χ4n) is 2.30. The van der Waals surface area contributed by atoms with Crippen molar-refractivity contribution in [3.63, 3.8) is 0 Å². The highest BCUT2D eigenvalue weighted by atomic mass is 16.5. The highest BCUT2D eigenvalue weighted by molar-refractivity contribution is 5.95. The van der Waals surface area contributed by atoms with Gasteiger partial charge in [-0.15, -0.1) is 0 Å². The van der Waals surface area contributed by atoms with E-state index < -0.39 is 0 Å². The summed E-state index contributed by atoms with van der Waals surface area (Å²) in [6, 6.07) is 13.0. The summed E-state index contributed by atoms with van der Waals surface area (Å²) < 4.78 is 16.1. The lowest BCUT2D eigenvalue weighted by molar-refractivity contribution is 0.0946. The molecule has 2 aromatic carbocycles. The number of rotatable bonds is 8. The molecule has 1 amide bonds. The van der Waals surface area contributed by atoms with Crippen molar-refractivity contribution in [2.24, 2.45) is 0 Å². The van der Waals surface area contributed by atoms with Crippen molar-refractivity contribution in [1.82, 2.24) is 5.32 Å². The van der Waals surface area contributed by atoms with Gasteiger partial charge in [0.1, 0.15) is 23.9 Å². The predicted molar refractivity (Wildman–Crippen MR) is 93.2 cm³/mol. The summed E-state index contributed by atoms with van der Waals surface area (Å²) in [6.45, 7) is 2.90. The number of carbonyl (C=O) groups excluding carboxylic acids is 1. The summed E-state index contributed by atoms with van der Waals surface area (Å²) in [6.07, 6.45) is 0.909. The molecule has 0 heterocycles. The normalized spacial score (nSPS) is 10.1. The fourth-order valence-corrected chi connectivity index (χ4v) is 2.30. The Morgan fingerprint density at radius 3 is 2.33 bits per heavy atom. The average Bonchev–Trinajstić information content (AvgIpc) is 2.64. The van der Waals surface area contributed by atoms with Gasteiger partial charge in [0.15, 0.2) is 0 Å². The van der Waals surface area contributed by atoms with Crippen molar-refractivity contribution >= 4 is 5.91 Å². The molecule has 0 spiro atoms. The van der Waals surface area contributed by atoms with Gasteiger partial charge in [-0.3, -0.25) is 4.79 Å². The molecular weight excluding hydrogens is 306 g/mol. The molecule has 0 atom stereocenters. The van der Waals surface area contributed by atoms with Gasteiger partial charge in [-0.2, -0.15) is 0 Å². The van der Waals surface area contributed by atoms with Crippen molar-refractivity contribution in [3.05, 3.63) is 53.6 Å². The third-order valence-corrected chi connectivity index (χ3v) is 3.61. The van der Waals surface area contributed by atoms with Crippen LogP contribution in [0, 0.1) is 0 Å². The summed E-state index contributed by atoms with van der Waals surface area (Å²) in [5.74, 6) is 1.82. The molecule has 128 valence electrons. The summed E-state index contributed by atoms with van der Waals surface area (Å²) in [5.41, 5.74) is 1.64. The van der Waals surface area contributed by atoms with Gasteiger partial charge in [0.05, 0.1) is 20.8 Å². The van der Waals surface area contributed by atoms with E-state index >= 15 is 0 Å². The van der Waals surface area contributed by atoms with E-state index in [2.05, 4.69) is 12.2 Å². The van der Waals surface area contributed by atoms with Crippen LogP contribution in [0.15, 0.2) is 42.5 Å². The molecule has 24 heavy (non-hydrogen) atoms. The molecule has 0 saturated carbocycles. The highest BCUT2D eigenvalue weighted by Crippen LogP contribution is 2.22. The van der Waals surface area contributed by atoms with Gasteiger partial charge in [0, 0.05) is 11.6 Å².